The minimum Gasteiger partial charge on any atom is -0.480 e. The molecule has 0 spiro atoms. The van der Waals surface area contributed by atoms with Crippen LogP contribution in [0.5, 0.6) is 0 Å². The highest BCUT2D eigenvalue weighted by atomic mass is 16.4. The van der Waals surface area contributed by atoms with Crippen molar-refractivity contribution in [2.24, 2.45) is 17.6 Å². The lowest BCUT2D eigenvalue weighted by Gasteiger charge is -2.28. The number of aliphatic carboxylic acids is 1. The standard InChI is InChI=1S/C16H31N3O5/c1-6-8(3)11(17)14(21)18-12(9(4)7-2)15(22)19-13(10(5)20)16(23)24/h8-13,20H,6-7,17H2,1-5H3,(H,18,21)(H,19,22)(H,23,24)/t8-,9-,10+,11-,12-,13-/m0/s1. The predicted molar refractivity (Wildman–Crippen MR) is 90.1 cm³/mol. The first-order valence-electron chi connectivity index (χ1n) is 8.33. The third-order valence-electron chi connectivity index (χ3n) is 4.40. The Morgan fingerprint density at radius 3 is 1.75 bits per heavy atom. The molecule has 0 saturated heterocycles. The van der Waals surface area contributed by atoms with Crippen LogP contribution in [0.15, 0.2) is 0 Å². The summed E-state index contributed by atoms with van der Waals surface area (Å²) in [6.07, 6.45) is 0.0587. The molecular formula is C16H31N3O5. The van der Waals surface area contributed by atoms with E-state index in [1.807, 2.05) is 20.8 Å². The van der Waals surface area contributed by atoms with Gasteiger partial charge >= 0.3 is 5.97 Å². The maximum absolute atomic E-state index is 12.4. The number of nitrogens with one attached hydrogen (secondary N) is 2. The molecule has 8 heteroatoms. The molecule has 6 N–H and O–H groups in total. The molecule has 0 aliphatic carbocycles. The van der Waals surface area contributed by atoms with Gasteiger partial charge in [0.15, 0.2) is 6.04 Å². The molecule has 0 aliphatic rings. The lowest BCUT2D eigenvalue weighted by Crippen LogP contribution is -2.59. The zero-order valence-corrected chi connectivity index (χ0v) is 15.1. The third kappa shape index (κ3) is 6.45. The van der Waals surface area contributed by atoms with Gasteiger partial charge in [-0.1, -0.05) is 40.5 Å². The first-order chi connectivity index (χ1) is 11.1. The van der Waals surface area contributed by atoms with Crippen molar-refractivity contribution in [1.82, 2.24) is 10.6 Å². The average molecular weight is 345 g/mol. The highest BCUT2D eigenvalue weighted by molar-refractivity contribution is 5.92. The van der Waals surface area contributed by atoms with Crippen LogP contribution in [0, 0.1) is 11.8 Å². The van der Waals surface area contributed by atoms with Crippen molar-refractivity contribution in [3.8, 4) is 0 Å². The second kappa shape index (κ2) is 10.2. The molecule has 0 bridgehead atoms. The van der Waals surface area contributed by atoms with Gasteiger partial charge in [0.25, 0.3) is 0 Å². The molecule has 0 unspecified atom stereocenters. The summed E-state index contributed by atoms with van der Waals surface area (Å²) in [6.45, 7) is 8.66. The Hall–Kier alpha value is -1.67. The number of amides is 2. The van der Waals surface area contributed by atoms with E-state index < -0.39 is 42.0 Å². The molecule has 0 radical (unpaired) electrons. The monoisotopic (exact) mass is 345 g/mol. The van der Waals surface area contributed by atoms with Crippen LogP contribution in [0.4, 0.5) is 0 Å². The molecule has 8 nitrogen and oxygen atoms in total. The molecule has 0 aromatic carbocycles. The molecule has 0 heterocycles. The molecule has 0 fully saturated rings. The number of carbonyl (C=O) groups excluding carboxylic acids is 2. The topological polar surface area (TPSA) is 142 Å². The number of nitrogens with two attached hydrogens (primary N) is 1. The summed E-state index contributed by atoms with van der Waals surface area (Å²) in [5.41, 5.74) is 5.88. The van der Waals surface area contributed by atoms with Crippen molar-refractivity contribution in [3.63, 3.8) is 0 Å². The van der Waals surface area contributed by atoms with Gasteiger partial charge in [0, 0.05) is 0 Å². The second-order valence-corrected chi connectivity index (χ2v) is 6.35. The van der Waals surface area contributed by atoms with E-state index in [0.717, 1.165) is 6.42 Å². The number of hydrogen-bond donors (Lipinski definition) is 5. The Balaban J connectivity index is 5.16. The van der Waals surface area contributed by atoms with Gasteiger partial charge in [-0.25, -0.2) is 4.79 Å². The fourth-order valence-electron chi connectivity index (χ4n) is 2.10. The summed E-state index contributed by atoms with van der Waals surface area (Å²) in [5.74, 6) is -2.71. The number of hydrogen-bond acceptors (Lipinski definition) is 5. The summed E-state index contributed by atoms with van der Waals surface area (Å²) in [5, 5.41) is 23.4. The van der Waals surface area contributed by atoms with E-state index in [9.17, 15) is 19.5 Å². The minimum atomic E-state index is -1.44. The summed E-state index contributed by atoms with van der Waals surface area (Å²) < 4.78 is 0. The van der Waals surface area contributed by atoms with Crippen molar-refractivity contribution in [1.29, 1.82) is 0 Å². The molecule has 6 atom stereocenters. The van der Waals surface area contributed by atoms with Crippen LogP contribution in [0.25, 0.3) is 0 Å². The molecule has 0 aliphatic heterocycles. The first-order valence-corrected chi connectivity index (χ1v) is 8.33. The first kappa shape index (κ1) is 22.3. The van der Waals surface area contributed by atoms with E-state index in [4.69, 9.17) is 10.8 Å². The summed E-state index contributed by atoms with van der Waals surface area (Å²) in [7, 11) is 0. The van der Waals surface area contributed by atoms with E-state index in [0.29, 0.717) is 6.42 Å². The van der Waals surface area contributed by atoms with Crippen molar-refractivity contribution >= 4 is 17.8 Å². The Bertz CT molecular complexity index is 441. The van der Waals surface area contributed by atoms with Crippen LogP contribution in [-0.2, 0) is 14.4 Å². The van der Waals surface area contributed by atoms with E-state index >= 15 is 0 Å². The van der Waals surface area contributed by atoms with Crippen LogP contribution in [0.3, 0.4) is 0 Å². The van der Waals surface area contributed by atoms with Crippen LogP contribution in [-0.4, -0.2) is 52.2 Å². The van der Waals surface area contributed by atoms with Gasteiger partial charge in [-0.15, -0.1) is 0 Å². The van der Waals surface area contributed by atoms with Crippen molar-refractivity contribution in [2.45, 2.75) is 71.7 Å². The molecule has 0 saturated carbocycles. The molecule has 140 valence electrons. The number of carboxylic acids is 1. The molecular weight excluding hydrogens is 314 g/mol. The lowest BCUT2D eigenvalue weighted by atomic mass is 9.95. The fraction of sp³-hybridized carbons (Fsp3) is 0.812. The zero-order chi connectivity index (χ0) is 19.0. The number of rotatable bonds is 10. The van der Waals surface area contributed by atoms with Crippen LogP contribution in [0.2, 0.25) is 0 Å². The predicted octanol–water partition coefficient (Wildman–Crippen LogP) is -0.159. The van der Waals surface area contributed by atoms with Crippen LogP contribution >= 0.6 is 0 Å². The van der Waals surface area contributed by atoms with Gasteiger partial charge in [0.05, 0.1) is 12.1 Å². The smallest absolute Gasteiger partial charge is 0.328 e. The van der Waals surface area contributed by atoms with Gasteiger partial charge < -0.3 is 26.6 Å². The highest BCUT2D eigenvalue weighted by Gasteiger charge is 2.33. The summed E-state index contributed by atoms with van der Waals surface area (Å²) in [4.78, 5) is 35.8. The second-order valence-electron chi connectivity index (χ2n) is 6.35. The molecule has 0 rings (SSSR count). The van der Waals surface area contributed by atoms with Crippen LogP contribution < -0.4 is 16.4 Å². The number of aliphatic hydroxyl groups excluding tert-OH is 1. The van der Waals surface area contributed by atoms with Crippen molar-refractivity contribution in [2.75, 3.05) is 0 Å². The van der Waals surface area contributed by atoms with E-state index in [-0.39, 0.29) is 11.8 Å². The minimum absolute atomic E-state index is 0.0464. The summed E-state index contributed by atoms with van der Waals surface area (Å²) >= 11 is 0. The fourth-order valence-corrected chi connectivity index (χ4v) is 2.10. The SMILES string of the molecule is CC[C@H](C)[C@H](N)C(=O)N[C@H](C(=O)N[C@H](C(=O)O)[C@@H](C)O)[C@@H](C)CC. The highest BCUT2D eigenvalue weighted by Crippen LogP contribution is 2.11. The maximum Gasteiger partial charge on any atom is 0.328 e. The average Bonchev–Trinajstić information content (AvgIpc) is 2.53. The van der Waals surface area contributed by atoms with E-state index in [1.165, 1.54) is 6.92 Å². The number of carbonyl (C=O) groups is 3. The van der Waals surface area contributed by atoms with Crippen molar-refractivity contribution in [3.05, 3.63) is 0 Å². The van der Waals surface area contributed by atoms with E-state index in [1.54, 1.807) is 6.92 Å². The van der Waals surface area contributed by atoms with Gasteiger partial charge in [-0.05, 0) is 18.8 Å². The lowest BCUT2D eigenvalue weighted by molar-refractivity contribution is -0.145. The van der Waals surface area contributed by atoms with Gasteiger partial charge in [0.1, 0.15) is 6.04 Å². The van der Waals surface area contributed by atoms with Crippen molar-refractivity contribution < 1.29 is 24.6 Å². The number of aliphatic hydroxyl groups is 1. The van der Waals surface area contributed by atoms with Gasteiger partial charge in [-0.2, -0.15) is 0 Å². The molecule has 0 aromatic rings. The Morgan fingerprint density at radius 2 is 1.38 bits per heavy atom. The zero-order valence-electron chi connectivity index (χ0n) is 15.1. The van der Waals surface area contributed by atoms with E-state index in [2.05, 4.69) is 10.6 Å². The molecule has 2 amide bonds. The largest absolute Gasteiger partial charge is 0.480 e. The quantitative estimate of drug-likeness (QED) is 0.372. The molecule has 0 aromatic heterocycles. The van der Waals surface area contributed by atoms with Crippen LogP contribution in [0.1, 0.15) is 47.5 Å². The molecule has 24 heavy (non-hydrogen) atoms. The Labute approximate surface area is 143 Å². The Morgan fingerprint density at radius 1 is 0.917 bits per heavy atom. The normalized spacial score (nSPS) is 18.6. The summed E-state index contributed by atoms with van der Waals surface area (Å²) in [6, 6.07) is -3.11. The number of carboxylic acid groups (broad SMARTS) is 1. The third-order valence-corrected chi connectivity index (χ3v) is 4.40. The van der Waals surface area contributed by atoms with Gasteiger partial charge in [-0.3, -0.25) is 9.59 Å². The maximum atomic E-state index is 12.4. The Kier molecular flexibility index (Phi) is 9.53. The van der Waals surface area contributed by atoms with Gasteiger partial charge in [0.2, 0.25) is 11.8 Å².